The Balaban J connectivity index is 1.86. The van der Waals surface area contributed by atoms with Crippen LogP contribution in [0.15, 0.2) is 48.5 Å². The molecule has 2 atom stereocenters. The van der Waals surface area contributed by atoms with Gasteiger partial charge in [0.15, 0.2) is 0 Å². The molecule has 126 valence electrons. The normalized spacial score (nSPS) is 20.6. The van der Waals surface area contributed by atoms with E-state index in [1.807, 2.05) is 36.1 Å². The molecule has 1 fully saturated rings. The zero-order chi connectivity index (χ0) is 17.3. The molecule has 24 heavy (non-hydrogen) atoms. The van der Waals surface area contributed by atoms with Gasteiger partial charge in [-0.2, -0.15) is 0 Å². The minimum Gasteiger partial charge on any atom is -0.336 e. The number of benzene rings is 2. The van der Waals surface area contributed by atoms with Crippen molar-refractivity contribution in [3.05, 3.63) is 70.8 Å². The van der Waals surface area contributed by atoms with E-state index < -0.39 is 0 Å². The molecule has 1 aliphatic rings. The van der Waals surface area contributed by atoms with Gasteiger partial charge in [-0.15, -0.1) is 0 Å². The van der Waals surface area contributed by atoms with Crippen LogP contribution in [-0.4, -0.2) is 48.9 Å². The summed E-state index contributed by atoms with van der Waals surface area (Å²) in [6.45, 7) is 5.66. The van der Waals surface area contributed by atoms with E-state index in [9.17, 15) is 4.79 Å². The first-order valence-corrected chi connectivity index (χ1v) is 8.55. The van der Waals surface area contributed by atoms with E-state index in [2.05, 4.69) is 50.2 Å². The summed E-state index contributed by atoms with van der Waals surface area (Å²) in [5.41, 5.74) is 4.45. The number of carbonyl (C=O) groups excluding carboxylic acids is 1. The quantitative estimate of drug-likeness (QED) is 0.864. The van der Waals surface area contributed by atoms with E-state index in [0.29, 0.717) is 12.0 Å². The van der Waals surface area contributed by atoms with Gasteiger partial charge in [-0.25, -0.2) is 0 Å². The molecule has 1 heterocycles. The molecule has 0 aliphatic carbocycles. The number of rotatable bonds is 3. The third-order valence-corrected chi connectivity index (χ3v) is 5.12. The average molecular weight is 322 g/mol. The van der Waals surface area contributed by atoms with Crippen LogP contribution < -0.4 is 0 Å². The zero-order valence-corrected chi connectivity index (χ0v) is 15.0. The summed E-state index contributed by atoms with van der Waals surface area (Å²) in [5, 5.41) is 0. The van der Waals surface area contributed by atoms with Crippen molar-refractivity contribution in [3.8, 4) is 0 Å². The standard InChI is InChI=1S/C21H26N2O/c1-15-9-11-17(12-10-15)19-13-23(14-20(19)22(3)4)21(24)18-8-6-5-7-16(18)2/h5-12,19-20H,13-14H2,1-4H3. The van der Waals surface area contributed by atoms with Gasteiger partial charge in [-0.3, -0.25) is 4.79 Å². The van der Waals surface area contributed by atoms with Gasteiger partial charge >= 0.3 is 0 Å². The molecule has 0 radical (unpaired) electrons. The van der Waals surface area contributed by atoms with Crippen LogP contribution >= 0.6 is 0 Å². The highest BCUT2D eigenvalue weighted by Gasteiger charge is 2.37. The van der Waals surface area contributed by atoms with Crippen LogP contribution in [0.25, 0.3) is 0 Å². The molecule has 0 aromatic heterocycles. The molecule has 3 nitrogen and oxygen atoms in total. The smallest absolute Gasteiger partial charge is 0.254 e. The van der Waals surface area contributed by atoms with Gasteiger partial charge in [0.25, 0.3) is 5.91 Å². The van der Waals surface area contributed by atoms with Crippen molar-refractivity contribution in [3.63, 3.8) is 0 Å². The SMILES string of the molecule is Cc1ccc(C2CN(C(=O)c3ccccc3C)CC2N(C)C)cc1. The summed E-state index contributed by atoms with van der Waals surface area (Å²) in [6.07, 6.45) is 0. The number of likely N-dealkylation sites (tertiary alicyclic amines) is 1. The number of hydrogen-bond acceptors (Lipinski definition) is 2. The summed E-state index contributed by atoms with van der Waals surface area (Å²) < 4.78 is 0. The van der Waals surface area contributed by atoms with Gasteiger partial charge in [-0.1, -0.05) is 48.0 Å². The molecular formula is C21H26N2O. The highest BCUT2D eigenvalue weighted by molar-refractivity contribution is 5.95. The summed E-state index contributed by atoms with van der Waals surface area (Å²) in [6, 6.07) is 16.9. The predicted molar refractivity (Wildman–Crippen MR) is 98.5 cm³/mol. The second-order valence-corrected chi connectivity index (χ2v) is 7.07. The minimum absolute atomic E-state index is 0.148. The number of likely N-dealkylation sites (N-methyl/N-ethyl adjacent to an activating group) is 1. The van der Waals surface area contributed by atoms with Crippen molar-refractivity contribution in [1.82, 2.24) is 9.80 Å². The Labute approximate surface area is 144 Å². The average Bonchev–Trinajstić information content (AvgIpc) is 3.01. The molecular weight excluding hydrogens is 296 g/mol. The maximum Gasteiger partial charge on any atom is 0.254 e. The summed E-state index contributed by atoms with van der Waals surface area (Å²) in [4.78, 5) is 17.2. The van der Waals surface area contributed by atoms with E-state index >= 15 is 0 Å². The Morgan fingerprint density at radius 3 is 2.29 bits per heavy atom. The van der Waals surface area contributed by atoms with Gasteiger partial charge in [0.05, 0.1) is 0 Å². The Morgan fingerprint density at radius 2 is 1.67 bits per heavy atom. The Kier molecular flexibility index (Phi) is 4.72. The lowest BCUT2D eigenvalue weighted by Gasteiger charge is -2.25. The van der Waals surface area contributed by atoms with Crippen molar-refractivity contribution < 1.29 is 4.79 Å². The third kappa shape index (κ3) is 3.22. The van der Waals surface area contributed by atoms with Crippen LogP contribution in [0.3, 0.4) is 0 Å². The summed E-state index contributed by atoms with van der Waals surface area (Å²) in [7, 11) is 4.21. The fourth-order valence-electron chi connectivity index (χ4n) is 3.60. The molecule has 0 saturated carbocycles. The first kappa shape index (κ1) is 16.7. The first-order chi connectivity index (χ1) is 11.5. The van der Waals surface area contributed by atoms with Crippen LogP contribution in [0.1, 0.15) is 33.0 Å². The lowest BCUT2D eigenvalue weighted by molar-refractivity contribution is 0.0781. The lowest BCUT2D eigenvalue weighted by Crippen LogP contribution is -2.36. The lowest BCUT2D eigenvalue weighted by atomic mass is 9.93. The first-order valence-electron chi connectivity index (χ1n) is 8.55. The molecule has 0 N–H and O–H groups in total. The highest BCUT2D eigenvalue weighted by atomic mass is 16.2. The molecule has 3 rings (SSSR count). The monoisotopic (exact) mass is 322 g/mol. The molecule has 1 amide bonds. The van der Waals surface area contributed by atoms with Crippen LogP contribution in [0.5, 0.6) is 0 Å². The zero-order valence-electron chi connectivity index (χ0n) is 15.0. The molecule has 2 unspecified atom stereocenters. The molecule has 2 aromatic rings. The maximum absolute atomic E-state index is 13.0. The molecule has 2 aromatic carbocycles. The fraction of sp³-hybridized carbons (Fsp3) is 0.381. The van der Waals surface area contributed by atoms with E-state index in [4.69, 9.17) is 0 Å². The van der Waals surface area contributed by atoms with Crippen molar-refractivity contribution in [2.75, 3.05) is 27.2 Å². The number of amides is 1. The highest BCUT2D eigenvalue weighted by Crippen LogP contribution is 2.31. The Morgan fingerprint density at radius 1 is 1.00 bits per heavy atom. The van der Waals surface area contributed by atoms with Gasteiger partial charge in [0.2, 0.25) is 0 Å². The number of hydrogen-bond donors (Lipinski definition) is 0. The topological polar surface area (TPSA) is 23.6 Å². The van der Waals surface area contributed by atoms with Crippen LogP contribution in [0.4, 0.5) is 0 Å². The largest absolute Gasteiger partial charge is 0.336 e. The van der Waals surface area contributed by atoms with E-state index in [0.717, 1.165) is 24.2 Å². The van der Waals surface area contributed by atoms with E-state index in [1.165, 1.54) is 11.1 Å². The number of aryl methyl sites for hydroxylation is 2. The van der Waals surface area contributed by atoms with Gasteiger partial charge in [-0.05, 0) is 45.1 Å². The van der Waals surface area contributed by atoms with Crippen molar-refractivity contribution >= 4 is 5.91 Å². The number of nitrogens with zero attached hydrogens (tertiary/aromatic N) is 2. The molecule has 1 saturated heterocycles. The number of carbonyl (C=O) groups is 1. The summed E-state index contributed by atoms with van der Waals surface area (Å²) in [5.74, 6) is 0.503. The van der Waals surface area contributed by atoms with Crippen LogP contribution in [0, 0.1) is 13.8 Å². The summed E-state index contributed by atoms with van der Waals surface area (Å²) >= 11 is 0. The predicted octanol–water partition coefficient (Wildman–Crippen LogP) is 3.47. The van der Waals surface area contributed by atoms with Crippen molar-refractivity contribution in [2.45, 2.75) is 25.8 Å². The molecule has 3 heteroatoms. The second kappa shape index (κ2) is 6.78. The van der Waals surface area contributed by atoms with Gasteiger partial charge < -0.3 is 9.80 Å². The molecule has 1 aliphatic heterocycles. The molecule has 0 spiro atoms. The van der Waals surface area contributed by atoms with Gasteiger partial charge in [0, 0.05) is 30.6 Å². The van der Waals surface area contributed by atoms with Crippen molar-refractivity contribution in [2.24, 2.45) is 0 Å². The molecule has 0 bridgehead atoms. The fourth-order valence-corrected chi connectivity index (χ4v) is 3.60. The van der Waals surface area contributed by atoms with Crippen molar-refractivity contribution in [1.29, 1.82) is 0 Å². The van der Waals surface area contributed by atoms with E-state index in [1.54, 1.807) is 0 Å². The van der Waals surface area contributed by atoms with E-state index in [-0.39, 0.29) is 5.91 Å². The second-order valence-electron chi connectivity index (χ2n) is 7.07. The van der Waals surface area contributed by atoms with Crippen LogP contribution in [-0.2, 0) is 0 Å². The maximum atomic E-state index is 13.0. The van der Waals surface area contributed by atoms with Crippen LogP contribution in [0.2, 0.25) is 0 Å². The Bertz CT molecular complexity index is 721. The Hall–Kier alpha value is -2.13. The third-order valence-electron chi connectivity index (χ3n) is 5.12. The minimum atomic E-state index is 0.148. The van der Waals surface area contributed by atoms with Gasteiger partial charge in [0.1, 0.15) is 0 Å².